The summed E-state index contributed by atoms with van der Waals surface area (Å²) in [6, 6.07) is 20.9. The molecule has 0 unspecified atom stereocenters. The van der Waals surface area contributed by atoms with Gasteiger partial charge in [-0.15, -0.1) is 0 Å². The first-order valence-corrected chi connectivity index (χ1v) is 10.3. The Bertz CT molecular complexity index is 1400. The van der Waals surface area contributed by atoms with E-state index >= 15 is 0 Å². The highest BCUT2D eigenvalue weighted by Gasteiger charge is 2.27. The molecule has 3 aromatic carbocycles. The molecule has 8 nitrogen and oxygen atoms in total. The van der Waals surface area contributed by atoms with Gasteiger partial charge in [-0.1, -0.05) is 60.1 Å². The summed E-state index contributed by atoms with van der Waals surface area (Å²) in [5.41, 5.74) is 3.26. The smallest absolute Gasteiger partial charge is 0.272 e. The van der Waals surface area contributed by atoms with Gasteiger partial charge in [0.25, 0.3) is 17.4 Å². The number of H-pyrrole nitrogens is 1. The second-order valence-corrected chi connectivity index (χ2v) is 7.48. The van der Waals surface area contributed by atoms with Crippen molar-refractivity contribution in [2.45, 2.75) is 6.04 Å². The molecule has 1 atom stereocenters. The third-order valence-electron chi connectivity index (χ3n) is 4.81. The van der Waals surface area contributed by atoms with Crippen molar-refractivity contribution in [3.63, 3.8) is 0 Å². The van der Waals surface area contributed by atoms with Gasteiger partial charge < -0.3 is 5.32 Å². The fraction of sp³-hybridized carbons (Fsp3) is 0.0417. The van der Waals surface area contributed by atoms with E-state index < -0.39 is 23.4 Å². The number of carbonyl (C=O) groups excluding carboxylic acids is 2. The Hall–Kier alpha value is -4.30. The first-order chi connectivity index (χ1) is 16.0. The van der Waals surface area contributed by atoms with Gasteiger partial charge in [0.2, 0.25) is 0 Å². The molecule has 0 fully saturated rings. The molecule has 0 saturated heterocycles. The van der Waals surface area contributed by atoms with Crippen LogP contribution in [-0.4, -0.2) is 28.2 Å². The maximum absolute atomic E-state index is 13.1. The summed E-state index contributed by atoms with van der Waals surface area (Å²) < 4.78 is 0. The Kier molecular flexibility index (Phi) is 6.56. The summed E-state index contributed by atoms with van der Waals surface area (Å²) in [5.74, 6) is -1.12. The number of aromatic nitrogens is 2. The van der Waals surface area contributed by atoms with Crippen LogP contribution in [0.15, 0.2) is 88.8 Å². The van der Waals surface area contributed by atoms with Crippen molar-refractivity contribution in [2.75, 3.05) is 0 Å². The minimum Gasteiger partial charge on any atom is -0.335 e. The monoisotopic (exact) mass is 459 g/mol. The number of halogens is 1. The van der Waals surface area contributed by atoms with Crippen LogP contribution >= 0.6 is 11.6 Å². The molecule has 2 amide bonds. The third kappa shape index (κ3) is 5.13. The SMILES string of the molecule is O=C(N[C@@H](C(=O)N/N=C/c1cccc(Cl)c1)c1n[nH]c(=O)c2ccccc12)c1ccccc1. The molecule has 3 N–H and O–H groups in total. The predicted octanol–water partition coefficient (Wildman–Crippen LogP) is 3.20. The molecule has 1 heterocycles. The van der Waals surface area contributed by atoms with Crippen molar-refractivity contribution in [1.82, 2.24) is 20.9 Å². The zero-order valence-corrected chi connectivity index (χ0v) is 17.9. The van der Waals surface area contributed by atoms with Gasteiger partial charge in [0.05, 0.1) is 11.6 Å². The van der Waals surface area contributed by atoms with E-state index in [9.17, 15) is 14.4 Å². The van der Waals surface area contributed by atoms with Gasteiger partial charge in [-0.05, 0) is 35.9 Å². The second-order valence-electron chi connectivity index (χ2n) is 7.05. The Morgan fingerprint density at radius 2 is 1.70 bits per heavy atom. The number of hydrogen-bond acceptors (Lipinski definition) is 5. The minimum atomic E-state index is -1.23. The number of benzene rings is 3. The van der Waals surface area contributed by atoms with Crippen LogP contribution < -0.4 is 16.3 Å². The average Bonchev–Trinajstić information content (AvgIpc) is 2.84. The van der Waals surface area contributed by atoms with E-state index in [2.05, 4.69) is 26.0 Å². The molecule has 0 spiro atoms. The molecule has 164 valence electrons. The molecule has 0 aliphatic rings. The molecule has 1 aromatic heterocycles. The zero-order valence-electron chi connectivity index (χ0n) is 17.2. The van der Waals surface area contributed by atoms with E-state index in [-0.39, 0.29) is 5.69 Å². The van der Waals surface area contributed by atoms with E-state index in [1.807, 2.05) is 0 Å². The third-order valence-corrected chi connectivity index (χ3v) is 5.04. The van der Waals surface area contributed by atoms with Gasteiger partial charge >= 0.3 is 0 Å². The Morgan fingerprint density at radius 1 is 0.970 bits per heavy atom. The number of carbonyl (C=O) groups is 2. The van der Waals surface area contributed by atoms with Crippen molar-refractivity contribution >= 4 is 40.4 Å². The minimum absolute atomic E-state index is 0.185. The fourth-order valence-corrected chi connectivity index (χ4v) is 3.44. The predicted molar refractivity (Wildman–Crippen MR) is 126 cm³/mol. The van der Waals surface area contributed by atoms with Gasteiger partial charge in [0, 0.05) is 16.0 Å². The number of aromatic amines is 1. The van der Waals surface area contributed by atoms with Crippen LogP contribution in [0.1, 0.15) is 27.7 Å². The molecule has 4 rings (SSSR count). The molecule has 0 saturated carbocycles. The maximum Gasteiger partial charge on any atom is 0.272 e. The standard InChI is InChI=1S/C24H18ClN5O3/c25-17-10-6-7-15(13-17)14-26-29-24(33)21(27-22(31)16-8-2-1-3-9-16)20-18-11-4-5-12-19(18)23(32)30-28-20/h1-14,21H,(H,27,31)(H,29,33)(H,30,32)/b26-14+/t21-/m1/s1. The maximum atomic E-state index is 13.1. The number of nitrogens with zero attached hydrogens (tertiary/aromatic N) is 2. The molecule has 0 aliphatic heterocycles. The average molecular weight is 460 g/mol. The van der Waals surface area contributed by atoms with Crippen molar-refractivity contribution < 1.29 is 9.59 Å². The van der Waals surface area contributed by atoms with Crippen LogP contribution in [0.25, 0.3) is 10.8 Å². The van der Waals surface area contributed by atoms with Crippen LogP contribution in [0, 0.1) is 0 Å². The first-order valence-electron chi connectivity index (χ1n) is 9.94. The number of hydrogen-bond donors (Lipinski definition) is 3. The van der Waals surface area contributed by atoms with Crippen molar-refractivity contribution in [3.05, 3.63) is 111 Å². The quantitative estimate of drug-likeness (QED) is 0.303. The molecule has 0 bridgehead atoms. The summed E-state index contributed by atoms with van der Waals surface area (Å²) in [4.78, 5) is 38.1. The lowest BCUT2D eigenvalue weighted by molar-refractivity contribution is -0.123. The Balaban J connectivity index is 1.67. The number of nitrogens with one attached hydrogen (secondary N) is 3. The summed E-state index contributed by atoms with van der Waals surface area (Å²) >= 11 is 5.97. The lowest BCUT2D eigenvalue weighted by Gasteiger charge is -2.18. The zero-order chi connectivity index (χ0) is 23.2. The van der Waals surface area contributed by atoms with Gasteiger partial charge in [-0.3, -0.25) is 14.4 Å². The summed E-state index contributed by atoms with van der Waals surface area (Å²) in [6.07, 6.45) is 1.43. The van der Waals surface area contributed by atoms with Gasteiger partial charge in [-0.2, -0.15) is 10.2 Å². The van der Waals surface area contributed by atoms with Crippen molar-refractivity contribution in [3.8, 4) is 0 Å². The number of rotatable bonds is 6. The van der Waals surface area contributed by atoms with E-state index in [4.69, 9.17) is 11.6 Å². The second kappa shape index (κ2) is 9.88. The van der Waals surface area contributed by atoms with Crippen LogP contribution in [0.2, 0.25) is 5.02 Å². The Morgan fingerprint density at radius 3 is 2.45 bits per heavy atom. The van der Waals surface area contributed by atoms with Crippen molar-refractivity contribution in [1.29, 1.82) is 0 Å². The number of fused-ring (bicyclic) bond motifs is 1. The van der Waals surface area contributed by atoms with Crippen LogP contribution in [-0.2, 0) is 4.79 Å². The normalized spacial score (nSPS) is 11.9. The van der Waals surface area contributed by atoms with Crippen LogP contribution in [0.3, 0.4) is 0 Å². The molecule has 0 aliphatic carbocycles. The largest absolute Gasteiger partial charge is 0.335 e. The molecular formula is C24H18ClN5O3. The first kappa shape index (κ1) is 21.9. The molecule has 4 aromatic rings. The van der Waals surface area contributed by atoms with E-state index in [0.717, 1.165) is 0 Å². The molecule has 9 heteroatoms. The van der Waals surface area contributed by atoms with E-state index in [0.29, 0.717) is 26.9 Å². The van der Waals surface area contributed by atoms with Gasteiger partial charge in [0.15, 0.2) is 6.04 Å². The van der Waals surface area contributed by atoms with Gasteiger partial charge in [0.1, 0.15) is 5.69 Å². The molecule has 0 radical (unpaired) electrons. The lowest BCUT2D eigenvalue weighted by Crippen LogP contribution is -2.40. The van der Waals surface area contributed by atoms with E-state index in [1.165, 1.54) is 6.21 Å². The van der Waals surface area contributed by atoms with Gasteiger partial charge in [-0.25, -0.2) is 10.5 Å². The highest BCUT2D eigenvalue weighted by atomic mass is 35.5. The fourth-order valence-electron chi connectivity index (χ4n) is 3.24. The lowest BCUT2D eigenvalue weighted by atomic mass is 10.0. The number of amides is 2. The molecular weight excluding hydrogens is 442 g/mol. The van der Waals surface area contributed by atoms with E-state index in [1.54, 1.807) is 78.9 Å². The summed E-state index contributed by atoms with van der Waals surface area (Å²) in [7, 11) is 0. The summed E-state index contributed by atoms with van der Waals surface area (Å²) in [6.45, 7) is 0. The Labute approximate surface area is 193 Å². The topological polar surface area (TPSA) is 116 Å². The molecule has 33 heavy (non-hydrogen) atoms. The van der Waals surface area contributed by atoms with Crippen molar-refractivity contribution in [2.24, 2.45) is 5.10 Å². The van der Waals surface area contributed by atoms with Crippen LogP contribution in [0.5, 0.6) is 0 Å². The highest BCUT2D eigenvalue weighted by molar-refractivity contribution is 6.30. The summed E-state index contributed by atoms with van der Waals surface area (Å²) in [5, 5.41) is 14.4. The number of hydrazone groups is 1. The highest BCUT2D eigenvalue weighted by Crippen LogP contribution is 2.20. The van der Waals surface area contributed by atoms with Crippen LogP contribution in [0.4, 0.5) is 0 Å².